The average molecular weight is 365 g/mol. The van der Waals surface area contributed by atoms with Crippen molar-refractivity contribution in [2.45, 2.75) is 6.54 Å². The minimum absolute atomic E-state index is 0.148. The van der Waals surface area contributed by atoms with E-state index in [-0.39, 0.29) is 5.95 Å². The van der Waals surface area contributed by atoms with E-state index in [1.54, 1.807) is 18.2 Å². The van der Waals surface area contributed by atoms with Crippen molar-refractivity contribution in [2.75, 3.05) is 5.32 Å². The molecule has 0 unspecified atom stereocenters. The van der Waals surface area contributed by atoms with E-state index in [9.17, 15) is 9.18 Å². The first-order valence-electron chi connectivity index (χ1n) is 6.91. The molecule has 0 aliphatic heterocycles. The summed E-state index contributed by atoms with van der Waals surface area (Å²) >= 11 is 12.0. The average Bonchev–Trinajstić information content (AvgIpc) is 2.98. The molecule has 2 aromatic carbocycles. The Morgan fingerprint density at radius 2 is 1.92 bits per heavy atom. The molecule has 0 bridgehead atoms. The summed E-state index contributed by atoms with van der Waals surface area (Å²) in [5.41, 5.74) is 1.14. The maximum atomic E-state index is 12.9. The Morgan fingerprint density at radius 3 is 2.62 bits per heavy atom. The van der Waals surface area contributed by atoms with Crippen molar-refractivity contribution >= 4 is 35.1 Å². The molecule has 0 saturated carbocycles. The van der Waals surface area contributed by atoms with Crippen molar-refractivity contribution < 1.29 is 9.18 Å². The number of nitrogens with zero attached hydrogens (tertiary/aromatic N) is 3. The fourth-order valence-electron chi connectivity index (χ4n) is 2.03. The summed E-state index contributed by atoms with van der Waals surface area (Å²) in [4.78, 5) is 16.0. The number of hydrogen-bond acceptors (Lipinski definition) is 3. The summed E-state index contributed by atoms with van der Waals surface area (Å²) in [5, 5.41) is 7.78. The molecule has 0 aliphatic carbocycles. The number of anilines is 1. The highest BCUT2D eigenvalue weighted by Gasteiger charge is 2.10. The smallest absolute Gasteiger partial charge is 0.258 e. The largest absolute Gasteiger partial charge is 0.289 e. The van der Waals surface area contributed by atoms with Gasteiger partial charge in [0.2, 0.25) is 5.95 Å². The van der Waals surface area contributed by atoms with Gasteiger partial charge in [0, 0.05) is 15.6 Å². The molecular formula is C16H11Cl2FN4O. The lowest BCUT2D eigenvalue weighted by molar-refractivity contribution is 0.102. The van der Waals surface area contributed by atoms with Gasteiger partial charge in [0.1, 0.15) is 12.1 Å². The molecule has 24 heavy (non-hydrogen) atoms. The number of aromatic nitrogens is 3. The van der Waals surface area contributed by atoms with E-state index in [0.717, 1.165) is 5.56 Å². The Morgan fingerprint density at radius 1 is 1.17 bits per heavy atom. The molecule has 0 saturated heterocycles. The molecule has 3 aromatic rings. The molecule has 1 aromatic heterocycles. The Hall–Kier alpha value is -2.44. The van der Waals surface area contributed by atoms with Crippen LogP contribution >= 0.6 is 23.2 Å². The third-order valence-corrected chi connectivity index (χ3v) is 3.80. The summed E-state index contributed by atoms with van der Waals surface area (Å²) in [7, 11) is 0. The van der Waals surface area contributed by atoms with Gasteiger partial charge in [-0.25, -0.2) is 14.1 Å². The van der Waals surface area contributed by atoms with Crippen LogP contribution in [0.4, 0.5) is 10.3 Å². The topological polar surface area (TPSA) is 59.8 Å². The second-order valence-electron chi connectivity index (χ2n) is 4.96. The summed E-state index contributed by atoms with van der Waals surface area (Å²) < 4.78 is 14.4. The van der Waals surface area contributed by atoms with Crippen LogP contribution in [0.1, 0.15) is 15.9 Å². The van der Waals surface area contributed by atoms with Gasteiger partial charge in [-0.1, -0.05) is 29.3 Å². The van der Waals surface area contributed by atoms with Gasteiger partial charge in [-0.2, -0.15) is 0 Å². The van der Waals surface area contributed by atoms with Crippen LogP contribution in [-0.2, 0) is 6.54 Å². The van der Waals surface area contributed by atoms with Gasteiger partial charge in [0.05, 0.1) is 6.54 Å². The molecule has 1 heterocycles. The second-order valence-corrected chi connectivity index (χ2v) is 5.81. The SMILES string of the molecule is O=C(Nc1ncn(Cc2ccc(Cl)cc2Cl)n1)c1ccc(F)cc1. The quantitative estimate of drug-likeness (QED) is 0.760. The highest BCUT2D eigenvalue weighted by atomic mass is 35.5. The van der Waals surface area contributed by atoms with E-state index >= 15 is 0 Å². The van der Waals surface area contributed by atoms with Crippen molar-refractivity contribution in [3.63, 3.8) is 0 Å². The van der Waals surface area contributed by atoms with Crippen molar-refractivity contribution in [1.29, 1.82) is 0 Å². The van der Waals surface area contributed by atoms with Crippen molar-refractivity contribution in [3.8, 4) is 0 Å². The van der Waals surface area contributed by atoms with Gasteiger partial charge in [0.15, 0.2) is 0 Å². The Balaban J connectivity index is 1.69. The van der Waals surface area contributed by atoms with Crippen LogP contribution < -0.4 is 5.32 Å². The molecular weight excluding hydrogens is 354 g/mol. The summed E-state index contributed by atoms with van der Waals surface area (Å²) in [6.45, 7) is 0.384. The lowest BCUT2D eigenvalue weighted by atomic mass is 10.2. The number of rotatable bonds is 4. The number of hydrogen-bond donors (Lipinski definition) is 1. The molecule has 5 nitrogen and oxygen atoms in total. The van der Waals surface area contributed by atoms with Crippen LogP contribution in [0.5, 0.6) is 0 Å². The minimum Gasteiger partial charge on any atom is -0.289 e. The van der Waals surface area contributed by atoms with Gasteiger partial charge in [-0.05, 0) is 42.0 Å². The van der Waals surface area contributed by atoms with Crippen molar-refractivity contribution in [3.05, 3.63) is 75.8 Å². The molecule has 122 valence electrons. The van der Waals surface area contributed by atoms with E-state index in [1.165, 1.54) is 35.3 Å². The first kappa shape index (κ1) is 16.4. The van der Waals surface area contributed by atoms with E-state index in [1.807, 2.05) is 0 Å². The monoisotopic (exact) mass is 364 g/mol. The predicted molar refractivity (Wildman–Crippen MR) is 89.9 cm³/mol. The molecule has 0 radical (unpaired) electrons. The van der Waals surface area contributed by atoms with E-state index < -0.39 is 11.7 Å². The predicted octanol–water partition coefficient (Wildman–Crippen LogP) is 4.02. The normalized spacial score (nSPS) is 10.6. The molecule has 0 fully saturated rings. The highest BCUT2D eigenvalue weighted by Crippen LogP contribution is 2.21. The zero-order valence-electron chi connectivity index (χ0n) is 12.2. The minimum atomic E-state index is -0.419. The lowest BCUT2D eigenvalue weighted by Gasteiger charge is -2.04. The Kier molecular flexibility index (Phi) is 4.78. The number of benzene rings is 2. The van der Waals surface area contributed by atoms with Crippen molar-refractivity contribution in [2.24, 2.45) is 0 Å². The molecule has 1 N–H and O–H groups in total. The van der Waals surface area contributed by atoms with Crippen LogP contribution in [0.3, 0.4) is 0 Å². The first-order chi connectivity index (χ1) is 11.5. The number of nitrogens with one attached hydrogen (secondary N) is 1. The lowest BCUT2D eigenvalue weighted by Crippen LogP contribution is -2.13. The number of carbonyl (C=O) groups excluding carboxylic acids is 1. The zero-order chi connectivity index (χ0) is 17.1. The fourth-order valence-corrected chi connectivity index (χ4v) is 2.50. The number of amides is 1. The van der Waals surface area contributed by atoms with Crippen LogP contribution in [0.15, 0.2) is 48.8 Å². The molecule has 1 amide bonds. The van der Waals surface area contributed by atoms with Gasteiger partial charge < -0.3 is 0 Å². The van der Waals surface area contributed by atoms with Gasteiger partial charge in [-0.3, -0.25) is 10.1 Å². The van der Waals surface area contributed by atoms with Crippen LogP contribution in [0.2, 0.25) is 10.0 Å². The van der Waals surface area contributed by atoms with Gasteiger partial charge >= 0.3 is 0 Å². The van der Waals surface area contributed by atoms with E-state index in [2.05, 4.69) is 15.4 Å². The second kappa shape index (κ2) is 6.98. The van der Waals surface area contributed by atoms with Crippen molar-refractivity contribution in [1.82, 2.24) is 14.8 Å². The summed E-state index contributed by atoms with van der Waals surface area (Å²) in [6, 6.07) is 10.4. The van der Waals surface area contributed by atoms with Crippen LogP contribution in [-0.4, -0.2) is 20.7 Å². The maximum Gasteiger partial charge on any atom is 0.258 e. The van der Waals surface area contributed by atoms with Gasteiger partial charge in [0.25, 0.3) is 5.91 Å². The molecule has 8 heteroatoms. The number of halogens is 3. The van der Waals surface area contributed by atoms with Crippen LogP contribution in [0.25, 0.3) is 0 Å². The Bertz CT molecular complexity index is 880. The first-order valence-corrected chi connectivity index (χ1v) is 7.67. The fraction of sp³-hybridized carbons (Fsp3) is 0.0625. The van der Waals surface area contributed by atoms with E-state index in [4.69, 9.17) is 23.2 Å². The molecule has 0 atom stereocenters. The van der Waals surface area contributed by atoms with Crippen LogP contribution in [0, 0.1) is 5.82 Å². The third kappa shape index (κ3) is 3.90. The zero-order valence-corrected chi connectivity index (χ0v) is 13.7. The molecule has 0 spiro atoms. The molecule has 0 aliphatic rings. The van der Waals surface area contributed by atoms with Gasteiger partial charge in [-0.15, -0.1) is 5.10 Å². The summed E-state index contributed by atoms with van der Waals surface area (Å²) in [6.07, 6.45) is 1.48. The molecule has 3 rings (SSSR count). The third-order valence-electron chi connectivity index (χ3n) is 3.22. The Labute approximate surface area is 147 Å². The summed E-state index contributed by atoms with van der Waals surface area (Å²) in [5.74, 6) is -0.680. The van der Waals surface area contributed by atoms with E-state index in [0.29, 0.717) is 22.2 Å². The standard InChI is InChI=1S/C16H11Cl2FN4O/c17-12-4-1-11(14(18)7-12)8-23-9-20-16(22-23)21-15(24)10-2-5-13(19)6-3-10/h1-7,9H,8H2,(H,21,22,24). The number of carbonyl (C=O) groups is 1. The maximum absolute atomic E-state index is 12.9. The highest BCUT2D eigenvalue weighted by molar-refractivity contribution is 6.35.